The van der Waals surface area contributed by atoms with Gasteiger partial charge in [0.15, 0.2) is 0 Å². The van der Waals surface area contributed by atoms with Gasteiger partial charge in [0.25, 0.3) is 0 Å². The van der Waals surface area contributed by atoms with Gasteiger partial charge in [-0.15, -0.1) is 11.6 Å². The third-order valence-electron chi connectivity index (χ3n) is 3.43. The summed E-state index contributed by atoms with van der Waals surface area (Å²) in [6.07, 6.45) is 4.15. The molecule has 0 radical (unpaired) electrons. The van der Waals surface area contributed by atoms with Crippen LogP contribution >= 0.6 is 11.6 Å². The van der Waals surface area contributed by atoms with E-state index in [2.05, 4.69) is 0 Å². The van der Waals surface area contributed by atoms with Gasteiger partial charge in [-0.3, -0.25) is 9.63 Å². The van der Waals surface area contributed by atoms with E-state index in [1.807, 2.05) is 5.06 Å². The number of Topliss-reactive ketones (excluding diaryl/α,β-unsaturated/α-hetero) is 1. The van der Waals surface area contributed by atoms with E-state index >= 15 is 0 Å². The standard InChI is InChI=1S/C11H18ClNO2/c1-8(14)11-9-4-3-7-13(9)15-10(11)5-2-6-12/h9-11H,2-7H2,1H3/t9-,10-,11+/m0/s1. The molecule has 0 aromatic rings. The third kappa shape index (κ3) is 2.19. The number of nitrogens with zero attached hydrogens (tertiary/aromatic N) is 1. The Balaban J connectivity index is 2.02. The highest BCUT2D eigenvalue weighted by Crippen LogP contribution is 2.37. The van der Waals surface area contributed by atoms with Crippen LogP contribution in [0.5, 0.6) is 0 Å². The molecule has 0 bridgehead atoms. The first-order chi connectivity index (χ1) is 7.24. The monoisotopic (exact) mass is 231 g/mol. The summed E-state index contributed by atoms with van der Waals surface area (Å²) in [4.78, 5) is 17.4. The van der Waals surface area contributed by atoms with E-state index < -0.39 is 0 Å². The number of carbonyl (C=O) groups excluding carboxylic acids is 1. The third-order valence-corrected chi connectivity index (χ3v) is 3.69. The minimum atomic E-state index is 0.0755. The van der Waals surface area contributed by atoms with Gasteiger partial charge in [-0.25, -0.2) is 0 Å². The molecule has 0 saturated carbocycles. The molecule has 3 atom stereocenters. The highest BCUT2D eigenvalue weighted by atomic mass is 35.5. The Labute approximate surface area is 95.7 Å². The summed E-state index contributed by atoms with van der Waals surface area (Å²) < 4.78 is 0. The maximum atomic E-state index is 11.6. The Kier molecular flexibility index (Phi) is 3.65. The number of alkyl halides is 1. The van der Waals surface area contributed by atoms with Crippen molar-refractivity contribution < 1.29 is 9.63 Å². The largest absolute Gasteiger partial charge is 0.300 e. The average molecular weight is 232 g/mol. The zero-order valence-electron chi connectivity index (χ0n) is 9.12. The fourth-order valence-corrected chi connectivity index (χ4v) is 2.94. The molecule has 0 amide bonds. The van der Waals surface area contributed by atoms with E-state index in [1.54, 1.807) is 6.92 Å². The average Bonchev–Trinajstić information content (AvgIpc) is 2.72. The van der Waals surface area contributed by atoms with Crippen LogP contribution < -0.4 is 0 Å². The van der Waals surface area contributed by atoms with Crippen LogP contribution in [0, 0.1) is 5.92 Å². The summed E-state index contributed by atoms with van der Waals surface area (Å²) in [5.41, 5.74) is 0. The van der Waals surface area contributed by atoms with Crippen LogP contribution in [0.25, 0.3) is 0 Å². The van der Waals surface area contributed by atoms with E-state index in [1.165, 1.54) is 0 Å². The maximum absolute atomic E-state index is 11.6. The number of hydroxylamine groups is 2. The molecule has 0 spiro atoms. The van der Waals surface area contributed by atoms with Crippen molar-refractivity contribution in [2.45, 2.75) is 44.8 Å². The molecule has 86 valence electrons. The molecule has 2 saturated heterocycles. The molecular weight excluding hydrogens is 214 g/mol. The van der Waals surface area contributed by atoms with Gasteiger partial charge in [-0.05, 0) is 32.6 Å². The Morgan fingerprint density at radius 3 is 3.07 bits per heavy atom. The molecule has 0 aromatic heterocycles. The Morgan fingerprint density at radius 2 is 2.40 bits per heavy atom. The molecule has 2 rings (SSSR count). The zero-order valence-corrected chi connectivity index (χ0v) is 9.87. The number of hydrogen-bond donors (Lipinski definition) is 0. The summed E-state index contributed by atoms with van der Waals surface area (Å²) >= 11 is 5.67. The molecular formula is C11H18ClNO2. The SMILES string of the molecule is CC(=O)[C@H]1[C@H](CCCCl)ON2CCC[C@@H]12. The summed E-state index contributed by atoms with van der Waals surface area (Å²) in [6, 6.07) is 0.336. The van der Waals surface area contributed by atoms with Gasteiger partial charge in [0.1, 0.15) is 5.78 Å². The molecule has 4 heteroatoms. The van der Waals surface area contributed by atoms with Crippen molar-refractivity contribution in [1.82, 2.24) is 5.06 Å². The van der Waals surface area contributed by atoms with E-state index in [9.17, 15) is 4.79 Å². The van der Waals surface area contributed by atoms with Gasteiger partial charge in [-0.1, -0.05) is 0 Å². The second-order valence-electron chi connectivity index (χ2n) is 4.46. The first kappa shape index (κ1) is 11.4. The topological polar surface area (TPSA) is 29.5 Å². The quantitative estimate of drug-likeness (QED) is 0.693. The number of halogens is 1. The van der Waals surface area contributed by atoms with Crippen LogP contribution in [0.3, 0.4) is 0 Å². The van der Waals surface area contributed by atoms with Crippen molar-refractivity contribution in [2.24, 2.45) is 5.92 Å². The predicted octanol–water partition coefficient (Wildman–Crippen LogP) is 1.99. The van der Waals surface area contributed by atoms with Crippen LogP contribution in [0.15, 0.2) is 0 Å². The van der Waals surface area contributed by atoms with Crippen molar-refractivity contribution in [3.63, 3.8) is 0 Å². The molecule has 0 aliphatic carbocycles. The first-order valence-corrected chi connectivity index (χ1v) is 6.27. The number of rotatable bonds is 4. The second kappa shape index (κ2) is 4.81. The van der Waals surface area contributed by atoms with Gasteiger partial charge < -0.3 is 0 Å². The second-order valence-corrected chi connectivity index (χ2v) is 4.84. The highest BCUT2D eigenvalue weighted by Gasteiger charge is 2.47. The number of fused-ring (bicyclic) bond motifs is 1. The van der Waals surface area contributed by atoms with Crippen molar-refractivity contribution in [2.75, 3.05) is 12.4 Å². The van der Waals surface area contributed by atoms with Crippen LogP contribution in [0.1, 0.15) is 32.6 Å². The number of ketones is 1. The molecule has 2 aliphatic heterocycles. The predicted molar refractivity (Wildman–Crippen MR) is 58.7 cm³/mol. The summed E-state index contributed by atoms with van der Waals surface area (Å²) in [5, 5.41) is 2.02. The van der Waals surface area contributed by atoms with E-state index in [4.69, 9.17) is 16.4 Å². The van der Waals surface area contributed by atoms with Crippen molar-refractivity contribution in [3.8, 4) is 0 Å². The molecule has 0 N–H and O–H groups in total. The molecule has 0 aromatic carbocycles. The van der Waals surface area contributed by atoms with Crippen molar-refractivity contribution >= 4 is 17.4 Å². The fourth-order valence-electron chi connectivity index (χ4n) is 2.79. The summed E-state index contributed by atoms with van der Waals surface area (Å²) in [7, 11) is 0. The van der Waals surface area contributed by atoms with Crippen LogP contribution in [-0.2, 0) is 9.63 Å². The lowest BCUT2D eigenvalue weighted by molar-refractivity contribution is -0.150. The van der Waals surface area contributed by atoms with E-state index in [-0.39, 0.29) is 17.8 Å². The highest BCUT2D eigenvalue weighted by molar-refractivity contribution is 6.17. The Morgan fingerprint density at radius 1 is 1.60 bits per heavy atom. The normalized spacial score (nSPS) is 35.7. The number of hydrogen-bond acceptors (Lipinski definition) is 3. The van der Waals surface area contributed by atoms with Crippen LogP contribution in [0.2, 0.25) is 0 Å². The Hall–Kier alpha value is -0.120. The van der Waals surface area contributed by atoms with Gasteiger partial charge in [-0.2, -0.15) is 5.06 Å². The number of carbonyl (C=O) groups is 1. The summed E-state index contributed by atoms with van der Waals surface area (Å²) in [6.45, 7) is 2.66. The van der Waals surface area contributed by atoms with Gasteiger partial charge in [0, 0.05) is 18.5 Å². The zero-order chi connectivity index (χ0) is 10.8. The lowest BCUT2D eigenvalue weighted by Gasteiger charge is -2.16. The lowest BCUT2D eigenvalue weighted by atomic mass is 9.88. The van der Waals surface area contributed by atoms with Crippen molar-refractivity contribution in [3.05, 3.63) is 0 Å². The van der Waals surface area contributed by atoms with Crippen molar-refractivity contribution in [1.29, 1.82) is 0 Å². The minimum Gasteiger partial charge on any atom is -0.300 e. The molecule has 2 fully saturated rings. The van der Waals surface area contributed by atoms with E-state index in [0.717, 1.165) is 32.2 Å². The summed E-state index contributed by atoms with van der Waals surface area (Å²) in [5.74, 6) is 0.995. The molecule has 15 heavy (non-hydrogen) atoms. The smallest absolute Gasteiger partial charge is 0.137 e. The fraction of sp³-hybridized carbons (Fsp3) is 0.909. The van der Waals surface area contributed by atoms with E-state index in [0.29, 0.717) is 11.9 Å². The van der Waals surface area contributed by atoms with Gasteiger partial charge >= 0.3 is 0 Å². The van der Waals surface area contributed by atoms with Gasteiger partial charge in [0.2, 0.25) is 0 Å². The maximum Gasteiger partial charge on any atom is 0.137 e. The molecule has 2 aliphatic rings. The molecule has 3 nitrogen and oxygen atoms in total. The Bertz CT molecular complexity index is 247. The minimum absolute atomic E-state index is 0.0755. The molecule has 0 unspecified atom stereocenters. The lowest BCUT2D eigenvalue weighted by Crippen LogP contribution is -2.31. The molecule has 2 heterocycles. The van der Waals surface area contributed by atoms with Crippen LogP contribution in [-0.4, -0.2) is 35.4 Å². The van der Waals surface area contributed by atoms with Crippen LogP contribution in [0.4, 0.5) is 0 Å². The van der Waals surface area contributed by atoms with Gasteiger partial charge in [0.05, 0.1) is 12.0 Å². The first-order valence-electron chi connectivity index (χ1n) is 5.74.